The van der Waals surface area contributed by atoms with Crippen LogP contribution in [0.5, 0.6) is 0 Å². The SMILES string of the molecule is CC(C)C1=CN2C(=O)CCC2CC1. The summed E-state index contributed by atoms with van der Waals surface area (Å²) in [5.74, 6) is 0.914. The zero-order valence-corrected chi connectivity index (χ0v) is 8.42. The predicted octanol–water partition coefficient (Wildman–Crippen LogP) is 2.31. The summed E-state index contributed by atoms with van der Waals surface area (Å²) in [6.45, 7) is 4.40. The van der Waals surface area contributed by atoms with Crippen LogP contribution in [0, 0.1) is 5.92 Å². The molecule has 72 valence electrons. The maximum atomic E-state index is 11.5. The molecule has 2 rings (SSSR count). The molecule has 2 nitrogen and oxygen atoms in total. The number of hydrogen-bond donors (Lipinski definition) is 0. The van der Waals surface area contributed by atoms with Gasteiger partial charge in [-0.05, 0) is 25.2 Å². The molecule has 0 aromatic heterocycles. The van der Waals surface area contributed by atoms with E-state index in [1.807, 2.05) is 4.90 Å². The number of amides is 1. The molecule has 2 aliphatic heterocycles. The average Bonchev–Trinajstić information content (AvgIpc) is 2.47. The van der Waals surface area contributed by atoms with Crippen molar-refractivity contribution in [3.8, 4) is 0 Å². The number of nitrogens with zero attached hydrogens (tertiary/aromatic N) is 1. The number of hydrogen-bond acceptors (Lipinski definition) is 1. The van der Waals surface area contributed by atoms with Gasteiger partial charge in [-0.2, -0.15) is 0 Å². The summed E-state index contributed by atoms with van der Waals surface area (Å²) in [6.07, 6.45) is 6.29. The van der Waals surface area contributed by atoms with Gasteiger partial charge in [0, 0.05) is 18.7 Å². The Morgan fingerprint density at radius 3 is 2.77 bits per heavy atom. The third kappa shape index (κ3) is 1.50. The minimum absolute atomic E-state index is 0.322. The molecule has 0 aromatic rings. The van der Waals surface area contributed by atoms with E-state index in [0.29, 0.717) is 17.9 Å². The number of rotatable bonds is 1. The van der Waals surface area contributed by atoms with Crippen LogP contribution >= 0.6 is 0 Å². The Balaban J connectivity index is 2.19. The highest BCUT2D eigenvalue weighted by atomic mass is 16.2. The zero-order valence-electron chi connectivity index (χ0n) is 8.42. The Morgan fingerprint density at radius 2 is 2.08 bits per heavy atom. The molecule has 1 fully saturated rings. The average molecular weight is 179 g/mol. The minimum atomic E-state index is 0.322. The molecule has 0 aromatic carbocycles. The van der Waals surface area contributed by atoms with E-state index >= 15 is 0 Å². The fourth-order valence-corrected chi connectivity index (χ4v) is 2.24. The summed E-state index contributed by atoms with van der Waals surface area (Å²) in [5.41, 5.74) is 1.44. The largest absolute Gasteiger partial charge is 0.316 e. The molecule has 1 atom stereocenters. The molecule has 2 heteroatoms. The van der Waals surface area contributed by atoms with Crippen LogP contribution in [0.1, 0.15) is 39.5 Å². The first kappa shape index (κ1) is 8.79. The van der Waals surface area contributed by atoms with Crippen molar-refractivity contribution in [2.75, 3.05) is 0 Å². The second-order valence-electron chi connectivity index (χ2n) is 4.39. The van der Waals surface area contributed by atoms with E-state index in [4.69, 9.17) is 0 Å². The first-order valence-electron chi connectivity index (χ1n) is 5.20. The molecule has 0 saturated carbocycles. The van der Waals surface area contributed by atoms with Crippen molar-refractivity contribution in [2.45, 2.75) is 45.6 Å². The van der Waals surface area contributed by atoms with Crippen molar-refractivity contribution in [1.29, 1.82) is 0 Å². The van der Waals surface area contributed by atoms with Crippen LogP contribution in [0.4, 0.5) is 0 Å². The fourth-order valence-electron chi connectivity index (χ4n) is 2.24. The molecule has 2 heterocycles. The van der Waals surface area contributed by atoms with Gasteiger partial charge in [0.25, 0.3) is 0 Å². The van der Waals surface area contributed by atoms with Crippen molar-refractivity contribution < 1.29 is 4.79 Å². The van der Waals surface area contributed by atoms with Crippen molar-refractivity contribution >= 4 is 5.91 Å². The van der Waals surface area contributed by atoms with Gasteiger partial charge in [0.1, 0.15) is 0 Å². The molecule has 13 heavy (non-hydrogen) atoms. The quantitative estimate of drug-likeness (QED) is 0.605. The van der Waals surface area contributed by atoms with Gasteiger partial charge < -0.3 is 4.90 Å². The lowest BCUT2D eigenvalue weighted by atomic mass is 9.93. The van der Waals surface area contributed by atoms with Crippen LogP contribution in [0.2, 0.25) is 0 Å². The van der Waals surface area contributed by atoms with Crippen LogP contribution in [-0.2, 0) is 4.79 Å². The van der Waals surface area contributed by atoms with Crippen LogP contribution in [0.3, 0.4) is 0 Å². The van der Waals surface area contributed by atoms with E-state index in [9.17, 15) is 4.79 Å². The summed E-state index contributed by atoms with van der Waals surface area (Å²) in [4.78, 5) is 13.4. The number of fused-ring (bicyclic) bond motifs is 1. The van der Waals surface area contributed by atoms with Gasteiger partial charge in [0.05, 0.1) is 0 Å². The van der Waals surface area contributed by atoms with Crippen LogP contribution in [0.25, 0.3) is 0 Å². The van der Waals surface area contributed by atoms with E-state index in [2.05, 4.69) is 20.0 Å². The molecule has 1 unspecified atom stereocenters. The van der Waals surface area contributed by atoms with E-state index < -0.39 is 0 Å². The summed E-state index contributed by atoms with van der Waals surface area (Å²) in [6, 6.07) is 0.523. The highest BCUT2D eigenvalue weighted by Gasteiger charge is 2.32. The molecule has 0 N–H and O–H groups in total. The van der Waals surface area contributed by atoms with Crippen molar-refractivity contribution in [3.05, 3.63) is 11.8 Å². The van der Waals surface area contributed by atoms with Gasteiger partial charge in [-0.15, -0.1) is 0 Å². The Bertz CT molecular complexity index is 255. The Kier molecular flexibility index (Phi) is 2.14. The second-order valence-corrected chi connectivity index (χ2v) is 4.39. The Morgan fingerprint density at radius 1 is 1.38 bits per heavy atom. The molecule has 0 spiro atoms. The molecule has 0 radical (unpaired) electrons. The van der Waals surface area contributed by atoms with E-state index in [1.54, 1.807) is 0 Å². The van der Waals surface area contributed by atoms with Crippen LogP contribution in [-0.4, -0.2) is 16.8 Å². The molecular weight excluding hydrogens is 162 g/mol. The summed E-state index contributed by atoms with van der Waals surface area (Å²) in [7, 11) is 0. The summed E-state index contributed by atoms with van der Waals surface area (Å²) < 4.78 is 0. The third-order valence-corrected chi connectivity index (χ3v) is 3.19. The number of carbonyl (C=O) groups is 1. The lowest BCUT2D eigenvalue weighted by Crippen LogP contribution is -2.31. The fraction of sp³-hybridized carbons (Fsp3) is 0.727. The van der Waals surface area contributed by atoms with E-state index in [-0.39, 0.29) is 0 Å². The normalized spacial score (nSPS) is 27.9. The monoisotopic (exact) mass is 179 g/mol. The standard InChI is InChI=1S/C11H17NO/c1-8(2)9-3-4-10-5-6-11(13)12(10)7-9/h7-8,10H,3-6H2,1-2H3. The summed E-state index contributed by atoms with van der Waals surface area (Å²) >= 11 is 0. The molecular formula is C11H17NO. The maximum Gasteiger partial charge on any atom is 0.226 e. The zero-order chi connectivity index (χ0) is 9.42. The molecule has 1 amide bonds. The second kappa shape index (κ2) is 3.17. The van der Waals surface area contributed by atoms with Crippen molar-refractivity contribution in [1.82, 2.24) is 4.90 Å². The van der Waals surface area contributed by atoms with E-state index in [0.717, 1.165) is 12.8 Å². The first-order chi connectivity index (χ1) is 6.18. The van der Waals surface area contributed by atoms with Gasteiger partial charge in [-0.1, -0.05) is 19.4 Å². The maximum absolute atomic E-state index is 11.5. The molecule has 2 aliphatic rings. The summed E-state index contributed by atoms with van der Waals surface area (Å²) in [5, 5.41) is 0. The van der Waals surface area contributed by atoms with Crippen LogP contribution < -0.4 is 0 Å². The molecule has 0 bridgehead atoms. The van der Waals surface area contributed by atoms with Gasteiger partial charge in [0.2, 0.25) is 5.91 Å². The van der Waals surface area contributed by atoms with Crippen molar-refractivity contribution in [3.63, 3.8) is 0 Å². The van der Waals surface area contributed by atoms with Crippen LogP contribution in [0.15, 0.2) is 11.8 Å². The first-order valence-corrected chi connectivity index (χ1v) is 5.20. The van der Waals surface area contributed by atoms with Gasteiger partial charge in [-0.3, -0.25) is 4.79 Å². The highest BCUT2D eigenvalue weighted by molar-refractivity contribution is 5.80. The smallest absolute Gasteiger partial charge is 0.226 e. The minimum Gasteiger partial charge on any atom is -0.316 e. The Labute approximate surface area is 79.6 Å². The number of allylic oxidation sites excluding steroid dienone is 1. The Hall–Kier alpha value is -0.790. The van der Waals surface area contributed by atoms with Gasteiger partial charge in [-0.25, -0.2) is 0 Å². The number of carbonyl (C=O) groups excluding carboxylic acids is 1. The predicted molar refractivity (Wildman–Crippen MR) is 52.0 cm³/mol. The van der Waals surface area contributed by atoms with Crippen molar-refractivity contribution in [2.24, 2.45) is 5.92 Å². The molecule has 1 saturated heterocycles. The van der Waals surface area contributed by atoms with E-state index in [1.165, 1.54) is 18.4 Å². The molecule has 0 aliphatic carbocycles. The van der Waals surface area contributed by atoms with Gasteiger partial charge in [0.15, 0.2) is 0 Å². The lowest BCUT2D eigenvalue weighted by molar-refractivity contribution is -0.126. The highest BCUT2D eigenvalue weighted by Crippen LogP contribution is 2.32. The topological polar surface area (TPSA) is 20.3 Å². The lowest BCUT2D eigenvalue weighted by Gasteiger charge is -2.29. The van der Waals surface area contributed by atoms with Gasteiger partial charge >= 0.3 is 0 Å². The third-order valence-electron chi connectivity index (χ3n) is 3.19.